The van der Waals surface area contributed by atoms with E-state index in [1.165, 1.54) is 18.6 Å². The monoisotopic (exact) mass is 349 g/mol. The molecular formula is C20H19N3O3. The molecular weight excluding hydrogens is 330 g/mol. The summed E-state index contributed by atoms with van der Waals surface area (Å²) in [4.78, 5) is 23.2. The number of furan rings is 1. The van der Waals surface area contributed by atoms with Gasteiger partial charge >= 0.3 is 0 Å². The van der Waals surface area contributed by atoms with Crippen molar-refractivity contribution in [2.24, 2.45) is 0 Å². The van der Waals surface area contributed by atoms with Crippen LogP contribution in [0.15, 0.2) is 59.2 Å². The van der Waals surface area contributed by atoms with E-state index in [2.05, 4.69) is 10.4 Å². The number of benzene rings is 1. The molecule has 26 heavy (non-hydrogen) atoms. The molecule has 0 unspecified atom stereocenters. The topological polar surface area (TPSA) is 77.1 Å². The molecule has 2 aromatic heterocycles. The first kappa shape index (κ1) is 17.4. The van der Waals surface area contributed by atoms with Crippen LogP contribution in [0.5, 0.6) is 0 Å². The van der Waals surface area contributed by atoms with Crippen molar-refractivity contribution in [2.75, 3.05) is 5.32 Å². The van der Waals surface area contributed by atoms with Crippen LogP contribution in [0, 0.1) is 6.92 Å². The molecule has 3 rings (SSSR count). The molecule has 0 spiro atoms. The van der Waals surface area contributed by atoms with Gasteiger partial charge in [0.25, 0.3) is 0 Å². The zero-order valence-corrected chi connectivity index (χ0v) is 14.6. The summed E-state index contributed by atoms with van der Waals surface area (Å²) in [7, 11) is 0. The number of hydrogen-bond acceptors (Lipinski definition) is 4. The molecule has 0 aliphatic carbocycles. The number of nitrogens with one attached hydrogen (secondary N) is 1. The lowest BCUT2D eigenvalue weighted by molar-refractivity contribution is -0.111. The van der Waals surface area contributed by atoms with Gasteiger partial charge in [-0.25, -0.2) is 0 Å². The van der Waals surface area contributed by atoms with Crippen LogP contribution < -0.4 is 5.32 Å². The lowest BCUT2D eigenvalue weighted by Crippen LogP contribution is -2.09. The molecule has 0 saturated carbocycles. The van der Waals surface area contributed by atoms with Crippen LogP contribution in [0.4, 0.5) is 5.82 Å². The quantitative estimate of drug-likeness (QED) is 0.544. The Balaban J connectivity index is 1.57. The van der Waals surface area contributed by atoms with Crippen LogP contribution in [0.3, 0.4) is 0 Å². The smallest absolute Gasteiger partial charge is 0.249 e. The van der Waals surface area contributed by atoms with E-state index < -0.39 is 0 Å². The summed E-state index contributed by atoms with van der Waals surface area (Å²) >= 11 is 0. The molecule has 0 aliphatic heterocycles. The fourth-order valence-electron chi connectivity index (χ4n) is 2.35. The van der Waals surface area contributed by atoms with Crippen LogP contribution in [0.25, 0.3) is 6.08 Å². The molecule has 6 nitrogen and oxygen atoms in total. The first-order valence-corrected chi connectivity index (χ1v) is 8.18. The van der Waals surface area contributed by atoms with Gasteiger partial charge in [-0.05, 0) is 30.7 Å². The number of aromatic nitrogens is 2. The van der Waals surface area contributed by atoms with E-state index >= 15 is 0 Å². The number of hydrogen-bond donors (Lipinski definition) is 1. The average molecular weight is 349 g/mol. The maximum absolute atomic E-state index is 12.0. The molecule has 3 aromatic rings. The summed E-state index contributed by atoms with van der Waals surface area (Å²) in [5, 5.41) is 6.98. The molecule has 0 bridgehead atoms. The number of carbonyl (C=O) groups excluding carboxylic acids is 2. The van der Waals surface area contributed by atoms with Gasteiger partial charge < -0.3 is 9.73 Å². The number of nitrogens with zero attached hydrogens (tertiary/aromatic N) is 2. The van der Waals surface area contributed by atoms with Crippen molar-refractivity contribution in [3.8, 4) is 0 Å². The number of Topliss-reactive ketones (excluding diaryl/α,β-unsaturated/α-hetero) is 1. The zero-order chi connectivity index (χ0) is 18.5. The van der Waals surface area contributed by atoms with Crippen molar-refractivity contribution in [1.82, 2.24) is 9.78 Å². The van der Waals surface area contributed by atoms with Gasteiger partial charge in [-0.3, -0.25) is 14.3 Å². The molecule has 0 saturated heterocycles. The molecule has 1 aromatic carbocycles. The summed E-state index contributed by atoms with van der Waals surface area (Å²) in [6.45, 7) is 3.84. The van der Waals surface area contributed by atoms with Gasteiger partial charge in [0.05, 0.1) is 6.54 Å². The van der Waals surface area contributed by atoms with Gasteiger partial charge in [-0.2, -0.15) is 5.10 Å². The number of carbonyl (C=O) groups is 2. The predicted molar refractivity (Wildman–Crippen MR) is 98.9 cm³/mol. The van der Waals surface area contributed by atoms with E-state index in [0.29, 0.717) is 23.9 Å². The van der Waals surface area contributed by atoms with Gasteiger partial charge in [0.1, 0.15) is 5.76 Å². The third-order valence-electron chi connectivity index (χ3n) is 3.72. The summed E-state index contributed by atoms with van der Waals surface area (Å²) < 4.78 is 7.05. The van der Waals surface area contributed by atoms with E-state index in [1.807, 2.05) is 31.2 Å². The van der Waals surface area contributed by atoms with Crippen molar-refractivity contribution in [3.63, 3.8) is 0 Å². The van der Waals surface area contributed by atoms with E-state index in [9.17, 15) is 9.59 Å². The molecule has 6 heteroatoms. The number of ketones is 1. The second-order valence-corrected chi connectivity index (χ2v) is 5.95. The first-order valence-electron chi connectivity index (χ1n) is 8.18. The van der Waals surface area contributed by atoms with Crippen molar-refractivity contribution < 1.29 is 14.0 Å². The van der Waals surface area contributed by atoms with E-state index in [4.69, 9.17) is 4.42 Å². The largest absolute Gasteiger partial charge is 0.456 e. The molecule has 0 aliphatic rings. The number of anilines is 1. The Morgan fingerprint density at radius 1 is 1.15 bits per heavy atom. The van der Waals surface area contributed by atoms with Gasteiger partial charge in [-0.15, -0.1) is 0 Å². The van der Waals surface area contributed by atoms with Crippen LogP contribution in [-0.4, -0.2) is 21.5 Å². The van der Waals surface area contributed by atoms with Gasteiger partial charge in [0.15, 0.2) is 17.4 Å². The molecule has 0 fully saturated rings. The average Bonchev–Trinajstić information content (AvgIpc) is 3.24. The minimum absolute atomic E-state index is 0.120. The molecule has 1 amide bonds. The molecule has 0 atom stereocenters. The fraction of sp³-hybridized carbons (Fsp3) is 0.150. The van der Waals surface area contributed by atoms with Crippen LogP contribution >= 0.6 is 0 Å². The van der Waals surface area contributed by atoms with Crippen molar-refractivity contribution in [1.29, 1.82) is 0 Å². The molecule has 2 heterocycles. The highest BCUT2D eigenvalue weighted by atomic mass is 16.3. The first-order chi connectivity index (χ1) is 12.5. The number of rotatable bonds is 6. The minimum atomic E-state index is -0.257. The van der Waals surface area contributed by atoms with E-state index in [-0.39, 0.29) is 11.7 Å². The Hall–Kier alpha value is -3.41. The van der Waals surface area contributed by atoms with Gasteiger partial charge in [-0.1, -0.05) is 29.8 Å². The highest BCUT2D eigenvalue weighted by Crippen LogP contribution is 2.11. The summed E-state index contributed by atoms with van der Waals surface area (Å²) in [6.07, 6.45) is 4.95. The highest BCUT2D eigenvalue weighted by molar-refractivity contribution is 6.01. The Labute approximate surface area is 151 Å². The Morgan fingerprint density at radius 3 is 2.62 bits per heavy atom. The number of amides is 1. The van der Waals surface area contributed by atoms with E-state index in [0.717, 1.165) is 5.56 Å². The zero-order valence-electron chi connectivity index (χ0n) is 14.6. The molecule has 0 radical (unpaired) electrons. The number of aryl methyl sites for hydroxylation is 1. The SMILES string of the molecule is CC(=O)c1ccc(Cn2ccc(NC(=O)/C=C\c3ccc(C)cc3)n2)o1. The van der Waals surface area contributed by atoms with E-state index in [1.54, 1.807) is 35.2 Å². The summed E-state index contributed by atoms with van der Waals surface area (Å²) in [5.74, 6) is 1.01. The Bertz CT molecular complexity index is 949. The van der Waals surface area contributed by atoms with Crippen molar-refractivity contribution in [3.05, 3.63) is 77.4 Å². The normalized spacial score (nSPS) is 11.0. The van der Waals surface area contributed by atoms with Crippen LogP contribution in [-0.2, 0) is 11.3 Å². The van der Waals surface area contributed by atoms with Crippen LogP contribution in [0.1, 0.15) is 34.4 Å². The van der Waals surface area contributed by atoms with Gasteiger partial charge in [0, 0.05) is 25.3 Å². The van der Waals surface area contributed by atoms with Gasteiger partial charge in [0.2, 0.25) is 5.91 Å². The summed E-state index contributed by atoms with van der Waals surface area (Å²) in [6, 6.07) is 13.0. The lowest BCUT2D eigenvalue weighted by Gasteiger charge is -1.99. The third-order valence-corrected chi connectivity index (χ3v) is 3.72. The molecule has 1 N–H and O–H groups in total. The molecule has 132 valence electrons. The summed E-state index contributed by atoms with van der Waals surface area (Å²) in [5.41, 5.74) is 2.12. The second kappa shape index (κ2) is 7.65. The van der Waals surface area contributed by atoms with Crippen LogP contribution in [0.2, 0.25) is 0 Å². The fourth-order valence-corrected chi connectivity index (χ4v) is 2.35. The Kier molecular flexibility index (Phi) is 5.12. The third kappa shape index (κ3) is 4.57. The maximum atomic E-state index is 12.0. The lowest BCUT2D eigenvalue weighted by atomic mass is 10.1. The highest BCUT2D eigenvalue weighted by Gasteiger charge is 2.08. The minimum Gasteiger partial charge on any atom is -0.456 e. The van der Waals surface area contributed by atoms with Crippen molar-refractivity contribution >= 4 is 23.6 Å². The Morgan fingerprint density at radius 2 is 1.92 bits per heavy atom. The standard InChI is InChI=1S/C20H19N3O3/c1-14-3-5-16(6-4-14)7-10-20(25)21-19-11-12-23(22-19)13-17-8-9-18(26-17)15(2)24/h3-12H,13H2,1-2H3,(H,21,22,25)/b10-7-. The maximum Gasteiger partial charge on any atom is 0.249 e. The predicted octanol–water partition coefficient (Wildman–Crippen LogP) is 3.69. The second-order valence-electron chi connectivity index (χ2n) is 5.95. The van der Waals surface area contributed by atoms with Crippen molar-refractivity contribution in [2.45, 2.75) is 20.4 Å².